The molecule has 0 aliphatic heterocycles. The van der Waals surface area contributed by atoms with Gasteiger partial charge in [0, 0.05) is 0 Å². The van der Waals surface area contributed by atoms with Crippen LogP contribution in [0.1, 0.15) is 22.3 Å². The standard InChI is InChI=1S/C19H18O3/c1-13-11-15(5-9-18(13)21)3-7-17(20)8-4-16-6-10-19(22)14(2)12-16/h3-12,21-22H,1-2H3/b7-3+,8-4+. The Morgan fingerprint density at radius 2 is 1.23 bits per heavy atom. The van der Waals surface area contributed by atoms with E-state index in [1.165, 1.54) is 12.2 Å². The second-order valence-electron chi connectivity index (χ2n) is 5.16. The van der Waals surface area contributed by atoms with Crippen molar-refractivity contribution in [1.29, 1.82) is 0 Å². The summed E-state index contributed by atoms with van der Waals surface area (Å²) in [5.41, 5.74) is 3.25. The Labute approximate surface area is 129 Å². The maximum Gasteiger partial charge on any atom is 0.178 e. The zero-order chi connectivity index (χ0) is 16.1. The molecule has 0 aliphatic carbocycles. The third-order valence-electron chi connectivity index (χ3n) is 3.32. The molecule has 0 heterocycles. The SMILES string of the molecule is Cc1cc(/C=C/C(=O)/C=C/c2ccc(O)c(C)c2)ccc1O. The molecule has 0 bridgehead atoms. The van der Waals surface area contributed by atoms with Gasteiger partial charge in [0.15, 0.2) is 5.78 Å². The molecule has 2 aromatic carbocycles. The van der Waals surface area contributed by atoms with Gasteiger partial charge in [0.1, 0.15) is 11.5 Å². The predicted molar refractivity (Wildman–Crippen MR) is 88.8 cm³/mol. The molecule has 0 saturated heterocycles. The van der Waals surface area contributed by atoms with Gasteiger partial charge in [-0.15, -0.1) is 0 Å². The first-order valence-electron chi connectivity index (χ1n) is 6.95. The Balaban J connectivity index is 2.05. The molecule has 0 aromatic heterocycles. The van der Waals surface area contributed by atoms with Gasteiger partial charge in [0.2, 0.25) is 0 Å². The Kier molecular flexibility index (Phi) is 4.79. The minimum absolute atomic E-state index is 0.128. The van der Waals surface area contributed by atoms with Crippen molar-refractivity contribution < 1.29 is 15.0 Å². The van der Waals surface area contributed by atoms with Crippen LogP contribution in [0.5, 0.6) is 11.5 Å². The first kappa shape index (κ1) is 15.6. The van der Waals surface area contributed by atoms with Gasteiger partial charge in [-0.05, 0) is 72.5 Å². The highest BCUT2D eigenvalue weighted by Crippen LogP contribution is 2.19. The molecule has 0 spiro atoms. The molecule has 0 unspecified atom stereocenters. The van der Waals surface area contributed by atoms with Gasteiger partial charge in [-0.1, -0.05) is 24.3 Å². The third-order valence-corrected chi connectivity index (χ3v) is 3.32. The summed E-state index contributed by atoms with van der Waals surface area (Å²) >= 11 is 0. The highest BCUT2D eigenvalue weighted by molar-refractivity contribution is 6.04. The molecule has 0 aliphatic rings. The van der Waals surface area contributed by atoms with Crippen LogP contribution in [0.4, 0.5) is 0 Å². The number of carbonyl (C=O) groups is 1. The zero-order valence-corrected chi connectivity index (χ0v) is 12.6. The van der Waals surface area contributed by atoms with Crippen LogP contribution in [-0.2, 0) is 4.79 Å². The van der Waals surface area contributed by atoms with Crippen molar-refractivity contribution in [2.75, 3.05) is 0 Å². The maximum atomic E-state index is 11.8. The van der Waals surface area contributed by atoms with E-state index < -0.39 is 0 Å². The van der Waals surface area contributed by atoms with E-state index in [0.29, 0.717) is 0 Å². The third kappa shape index (κ3) is 4.09. The van der Waals surface area contributed by atoms with Crippen LogP contribution in [0, 0.1) is 13.8 Å². The number of ketones is 1. The Hall–Kier alpha value is -2.81. The van der Waals surface area contributed by atoms with Crippen LogP contribution in [0.15, 0.2) is 48.6 Å². The van der Waals surface area contributed by atoms with Gasteiger partial charge in [0.05, 0.1) is 0 Å². The van der Waals surface area contributed by atoms with E-state index in [9.17, 15) is 15.0 Å². The first-order valence-corrected chi connectivity index (χ1v) is 6.95. The number of aryl methyl sites for hydroxylation is 2. The monoisotopic (exact) mass is 294 g/mol. The molecule has 0 atom stereocenters. The van der Waals surface area contributed by atoms with Gasteiger partial charge in [0.25, 0.3) is 0 Å². The van der Waals surface area contributed by atoms with E-state index in [4.69, 9.17) is 0 Å². The molecule has 2 rings (SSSR count). The summed E-state index contributed by atoms with van der Waals surface area (Å²) in [7, 11) is 0. The number of phenolic OH excluding ortho intramolecular Hbond substituents is 2. The van der Waals surface area contributed by atoms with Gasteiger partial charge >= 0.3 is 0 Å². The summed E-state index contributed by atoms with van der Waals surface area (Å²) in [6.45, 7) is 3.61. The lowest BCUT2D eigenvalue weighted by Gasteiger charge is -1.99. The van der Waals surface area contributed by atoms with Crippen molar-refractivity contribution >= 4 is 17.9 Å². The number of rotatable bonds is 4. The summed E-state index contributed by atoms with van der Waals surface area (Å²) in [5, 5.41) is 18.9. The smallest absolute Gasteiger partial charge is 0.178 e. The van der Waals surface area contributed by atoms with Gasteiger partial charge in [-0.3, -0.25) is 4.79 Å². The lowest BCUT2D eigenvalue weighted by atomic mass is 10.1. The van der Waals surface area contributed by atoms with E-state index in [1.54, 1.807) is 36.4 Å². The Morgan fingerprint density at radius 1 is 0.818 bits per heavy atom. The second-order valence-corrected chi connectivity index (χ2v) is 5.16. The van der Waals surface area contributed by atoms with E-state index in [-0.39, 0.29) is 17.3 Å². The van der Waals surface area contributed by atoms with Gasteiger partial charge < -0.3 is 10.2 Å². The molecule has 0 saturated carbocycles. The zero-order valence-electron chi connectivity index (χ0n) is 12.6. The van der Waals surface area contributed by atoms with Crippen molar-refractivity contribution in [1.82, 2.24) is 0 Å². The normalized spacial score (nSPS) is 11.4. The fourth-order valence-electron chi connectivity index (χ4n) is 1.98. The van der Waals surface area contributed by atoms with Crippen molar-refractivity contribution in [3.8, 4) is 11.5 Å². The fraction of sp³-hybridized carbons (Fsp3) is 0.105. The molecule has 0 radical (unpaired) electrons. The second kappa shape index (κ2) is 6.76. The van der Waals surface area contributed by atoms with Gasteiger partial charge in [-0.2, -0.15) is 0 Å². The van der Waals surface area contributed by atoms with Gasteiger partial charge in [-0.25, -0.2) is 0 Å². The molecule has 112 valence electrons. The molecule has 2 N–H and O–H groups in total. The van der Waals surface area contributed by atoms with Crippen molar-refractivity contribution in [2.24, 2.45) is 0 Å². The lowest BCUT2D eigenvalue weighted by Crippen LogP contribution is -1.86. The number of carbonyl (C=O) groups excluding carboxylic acids is 1. The molecule has 22 heavy (non-hydrogen) atoms. The average molecular weight is 294 g/mol. The molecule has 3 nitrogen and oxygen atoms in total. The Morgan fingerprint density at radius 3 is 1.59 bits per heavy atom. The minimum Gasteiger partial charge on any atom is -0.508 e. The fourth-order valence-corrected chi connectivity index (χ4v) is 1.98. The average Bonchev–Trinajstić information content (AvgIpc) is 2.49. The van der Waals surface area contributed by atoms with E-state index in [1.807, 2.05) is 26.0 Å². The summed E-state index contributed by atoms with van der Waals surface area (Å²) in [4.78, 5) is 11.8. The molecular formula is C19H18O3. The summed E-state index contributed by atoms with van der Waals surface area (Å²) in [6.07, 6.45) is 6.38. The summed E-state index contributed by atoms with van der Waals surface area (Å²) in [6, 6.07) is 10.3. The number of hydrogen-bond donors (Lipinski definition) is 2. The van der Waals surface area contributed by atoms with Crippen LogP contribution < -0.4 is 0 Å². The first-order chi connectivity index (χ1) is 10.5. The maximum absolute atomic E-state index is 11.8. The summed E-state index contributed by atoms with van der Waals surface area (Å²) < 4.78 is 0. The Bertz CT molecular complexity index is 692. The molecule has 0 fully saturated rings. The predicted octanol–water partition coefficient (Wildman–Crippen LogP) is 4.01. The van der Waals surface area contributed by atoms with Crippen LogP contribution >= 0.6 is 0 Å². The molecule has 2 aromatic rings. The van der Waals surface area contributed by atoms with Crippen LogP contribution in [0.25, 0.3) is 12.2 Å². The van der Waals surface area contributed by atoms with E-state index in [0.717, 1.165) is 22.3 Å². The lowest BCUT2D eigenvalue weighted by molar-refractivity contribution is -0.110. The topological polar surface area (TPSA) is 57.5 Å². The number of allylic oxidation sites excluding steroid dienone is 2. The highest BCUT2D eigenvalue weighted by Gasteiger charge is 1.97. The van der Waals surface area contributed by atoms with Crippen molar-refractivity contribution in [3.63, 3.8) is 0 Å². The molecule has 3 heteroatoms. The van der Waals surface area contributed by atoms with Crippen LogP contribution in [0.3, 0.4) is 0 Å². The highest BCUT2D eigenvalue weighted by atomic mass is 16.3. The van der Waals surface area contributed by atoms with Crippen LogP contribution in [0.2, 0.25) is 0 Å². The number of aromatic hydroxyl groups is 2. The summed E-state index contributed by atoms with van der Waals surface area (Å²) in [5.74, 6) is 0.355. The van der Waals surface area contributed by atoms with Crippen molar-refractivity contribution in [2.45, 2.75) is 13.8 Å². The quantitative estimate of drug-likeness (QED) is 0.838. The number of benzene rings is 2. The number of hydrogen-bond acceptors (Lipinski definition) is 3. The molecule has 0 amide bonds. The van der Waals surface area contributed by atoms with Crippen molar-refractivity contribution in [3.05, 3.63) is 70.8 Å². The largest absolute Gasteiger partial charge is 0.508 e. The van der Waals surface area contributed by atoms with E-state index >= 15 is 0 Å². The van der Waals surface area contributed by atoms with Crippen LogP contribution in [-0.4, -0.2) is 16.0 Å². The molecular weight excluding hydrogens is 276 g/mol. The minimum atomic E-state index is -0.128. The number of phenols is 2. The van der Waals surface area contributed by atoms with E-state index in [2.05, 4.69) is 0 Å².